The lowest BCUT2D eigenvalue weighted by molar-refractivity contribution is -0.145. The fourth-order valence-corrected chi connectivity index (χ4v) is 8.84. The fraction of sp³-hybridized carbons (Fsp3) is 0.594. The molecule has 224 valence electrons. The van der Waals surface area contributed by atoms with Crippen molar-refractivity contribution in [2.24, 2.45) is 17.8 Å². The number of carboxylic acid groups (broad SMARTS) is 1. The van der Waals surface area contributed by atoms with Gasteiger partial charge in [0.25, 0.3) is 0 Å². The fourth-order valence-electron chi connectivity index (χ4n) is 7.41. The van der Waals surface area contributed by atoms with Crippen LogP contribution in [0.15, 0.2) is 53.4 Å². The van der Waals surface area contributed by atoms with Gasteiger partial charge in [-0.25, -0.2) is 17.2 Å². The second-order valence-corrected chi connectivity index (χ2v) is 14.5. The van der Waals surface area contributed by atoms with Crippen molar-refractivity contribution in [2.45, 2.75) is 68.2 Å². The molecule has 3 fully saturated rings. The van der Waals surface area contributed by atoms with Gasteiger partial charge in [-0.15, -0.1) is 0 Å². The number of halogens is 2. The summed E-state index contributed by atoms with van der Waals surface area (Å²) in [6.45, 7) is 3.84. The lowest BCUT2D eigenvalue weighted by Crippen LogP contribution is -2.46. The van der Waals surface area contributed by atoms with Crippen LogP contribution in [0.3, 0.4) is 0 Å². The highest BCUT2D eigenvalue weighted by Gasteiger charge is 2.43. The van der Waals surface area contributed by atoms with Gasteiger partial charge in [0.2, 0.25) is 0 Å². The first-order chi connectivity index (χ1) is 19.7. The highest BCUT2D eigenvalue weighted by atomic mass is 32.2. The van der Waals surface area contributed by atoms with Crippen LogP contribution in [0.5, 0.6) is 0 Å². The Bertz CT molecular complexity index is 1270. The van der Waals surface area contributed by atoms with Crippen LogP contribution in [0.25, 0.3) is 0 Å². The lowest BCUT2D eigenvalue weighted by atomic mass is 9.83. The van der Waals surface area contributed by atoms with Crippen LogP contribution in [0.4, 0.5) is 8.78 Å². The summed E-state index contributed by atoms with van der Waals surface area (Å²) in [6.07, 6.45) is 7.63. The molecule has 0 radical (unpaired) electrons. The molecule has 3 aliphatic rings. The Labute approximate surface area is 242 Å². The zero-order chi connectivity index (χ0) is 29.0. The van der Waals surface area contributed by atoms with E-state index in [9.17, 15) is 27.1 Å². The van der Waals surface area contributed by atoms with Gasteiger partial charge in [0.15, 0.2) is 9.84 Å². The van der Waals surface area contributed by atoms with E-state index in [2.05, 4.69) is 9.80 Å². The molecule has 2 aromatic rings. The molecule has 2 saturated heterocycles. The Hall–Kier alpha value is -2.36. The first-order valence-electron chi connectivity index (χ1n) is 15.1. The minimum atomic E-state index is -3.45. The molecule has 5 rings (SSSR count). The van der Waals surface area contributed by atoms with Crippen LogP contribution in [-0.2, 0) is 14.6 Å². The Morgan fingerprint density at radius 3 is 2.29 bits per heavy atom. The van der Waals surface area contributed by atoms with Gasteiger partial charge in [-0.3, -0.25) is 9.69 Å². The highest BCUT2D eigenvalue weighted by molar-refractivity contribution is 7.91. The predicted molar refractivity (Wildman–Crippen MR) is 154 cm³/mol. The number of hydrogen-bond donors (Lipinski definition) is 1. The van der Waals surface area contributed by atoms with Crippen molar-refractivity contribution >= 4 is 15.8 Å². The van der Waals surface area contributed by atoms with Crippen molar-refractivity contribution in [1.82, 2.24) is 9.80 Å². The number of piperidine rings is 1. The van der Waals surface area contributed by atoms with Crippen molar-refractivity contribution in [3.8, 4) is 0 Å². The largest absolute Gasteiger partial charge is 0.480 e. The van der Waals surface area contributed by atoms with Crippen LogP contribution in [0.2, 0.25) is 0 Å². The van der Waals surface area contributed by atoms with Gasteiger partial charge in [-0.2, -0.15) is 0 Å². The summed E-state index contributed by atoms with van der Waals surface area (Å²) in [5, 5.41) is 10.2. The minimum absolute atomic E-state index is 0.0558. The molecule has 2 heterocycles. The van der Waals surface area contributed by atoms with Gasteiger partial charge in [0, 0.05) is 25.6 Å². The standard InChI is InChI=1S/C32H42F2N2O4S/c33-27-9-11-29(12-10-27)41(39,40)18-15-23-13-16-35(17-14-23)20-26-21-36(22-30(26)25-7-4-8-28(34)19-25)31(32(37)38)24-5-2-1-3-6-24/h4,7-12,19,23-24,26,30-31H,1-3,5-6,13-18,20-22H2,(H,37,38). The Kier molecular flexibility index (Phi) is 9.77. The molecule has 0 amide bonds. The zero-order valence-electron chi connectivity index (χ0n) is 23.6. The van der Waals surface area contributed by atoms with E-state index in [-0.39, 0.29) is 34.2 Å². The molecule has 2 aliphatic heterocycles. The molecule has 1 saturated carbocycles. The van der Waals surface area contributed by atoms with Gasteiger partial charge in [0.1, 0.15) is 17.7 Å². The summed E-state index contributed by atoms with van der Waals surface area (Å²) in [6, 6.07) is 11.3. The predicted octanol–water partition coefficient (Wildman–Crippen LogP) is 5.59. The van der Waals surface area contributed by atoms with E-state index < -0.39 is 27.7 Å². The van der Waals surface area contributed by atoms with Crippen LogP contribution in [-0.4, -0.2) is 73.8 Å². The van der Waals surface area contributed by atoms with E-state index in [1.54, 1.807) is 12.1 Å². The number of carboxylic acids is 1. The molecular weight excluding hydrogens is 546 g/mol. The summed E-state index contributed by atoms with van der Waals surface area (Å²) >= 11 is 0. The highest BCUT2D eigenvalue weighted by Crippen LogP contribution is 2.39. The second kappa shape index (κ2) is 13.3. The smallest absolute Gasteiger partial charge is 0.321 e. The number of aliphatic carboxylic acids is 1. The van der Waals surface area contributed by atoms with Crippen LogP contribution in [0.1, 0.15) is 62.8 Å². The molecule has 3 atom stereocenters. The molecule has 6 nitrogen and oxygen atoms in total. The van der Waals surface area contributed by atoms with Gasteiger partial charge in [-0.1, -0.05) is 31.4 Å². The van der Waals surface area contributed by atoms with E-state index >= 15 is 0 Å². The average Bonchev–Trinajstić information content (AvgIpc) is 3.36. The van der Waals surface area contributed by atoms with Crippen LogP contribution >= 0.6 is 0 Å². The number of hydrogen-bond acceptors (Lipinski definition) is 5. The average molecular weight is 589 g/mol. The summed E-state index contributed by atoms with van der Waals surface area (Å²) in [7, 11) is -3.45. The summed E-state index contributed by atoms with van der Waals surface area (Å²) in [5.74, 6) is -0.676. The number of nitrogens with zero attached hydrogens (tertiary/aromatic N) is 2. The van der Waals surface area contributed by atoms with Crippen molar-refractivity contribution in [3.05, 3.63) is 65.7 Å². The first kappa shape index (κ1) is 30.1. The van der Waals surface area contributed by atoms with Crippen molar-refractivity contribution in [1.29, 1.82) is 0 Å². The van der Waals surface area contributed by atoms with Crippen LogP contribution in [0, 0.1) is 29.4 Å². The SMILES string of the molecule is O=C(O)C(C1CCCCC1)N1CC(CN2CCC(CCS(=O)(=O)c3ccc(F)cc3)CC2)C(c2cccc(F)c2)C1. The summed E-state index contributed by atoms with van der Waals surface area (Å²) < 4.78 is 52.9. The van der Waals surface area contributed by atoms with E-state index in [0.717, 1.165) is 63.7 Å². The van der Waals surface area contributed by atoms with E-state index in [0.29, 0.717) is 25.4 Å². The molecular formula is C32H42F2N2O4S. The van der Waals surface area contributed by atoms with E-state index in [1.165, 1.54) is 36.8 Å². The number of benzene rings is 2. The third-order valence-electron chi connectivity index (χ3n) is 9.66. The number of carbonyl (C=O) groups is 1. The molecule has 2 aromatic carbocycles. The molecule has 3 unspecified atom stereocenters. The molecule has 0 spiro atoms. The van der Waals surface area contributed by atoms with Gasteiger partial charge in [0.05, 0.1) is 10.6 Å². The van der Waals surface area contributed by atoms with Crippen LogP contribution < -0.4 is 0 Å². The zero-order valence-corrected chi connectivity index (χ0v) is 24.5. The van der Waals surface area contributed by atoms with Gasteiger partial charge < -0.3 is 10.0 Å². The molecule has 41 heavy (non-hydrogen) atoms. The van der Waals surface area contributed by atoms with E-state index in [1.807, 2.05) is 6.07 Å². The summed E-state index contributed by atoms with van der Waals surface area (Å²) in [4.78, 5) is 17.2. The van der Waals surface area contributed by atoms with Gasteiger partial charge >= 0.3 is 5.97 Å². The third-order valence-corrected chi connectivity index (χ3v) is 11.4. The van der Waals surface area contributed by atoms with E-state index in [4.69, 9.17) is 0 Å². The Morgan fingerprint density at radius 2 is 1.63 bits per heavy atom. The third kappa shape index (κ3) is 7.54. The van der Waals surface area contributed by atoms with Crippen molar-refractivity contribution < 1.29 is 27.1 Å². The number of rotatable bonds is 10. The Morgan fingerprint density at radius 1 is 0.927 bits per heavy atom. The maximum absolute atomic E-state index is 14.2. The molecule has 0 bridgehead atoms. The maximum Gasteiger partial charge on any atom is 0.321 e. The molecule has 0 aromatic heterocycles. The molecule has 1 aliphatic carbocycles. The minimum Gasteiger partial charge on any atom is -0.480 e. The lowest BCUT2D eigenvalue weighted by Gasteiger charge is -2.35. The maximum atomic E-state index is 14.2. The summed E-state index contributed by atoms with van der Waals surface area (Å²) in [5.41, 5.74) is 0.936. The first-order valence-corrected chi connectivity index (χ1v) is 16.8. The second-order valence-electron chi connectivity index (χ2n) is 12.4. The quantitative estimate of drug-likeness (QED) is 0.365. The number of likely N-dealkylation sites (tertiary alicyclic amines) is 2. The normalized spacial score (nSPS) is 24.4. The van der Waals surface area contributed by atoms with Gasteiger partial charge in [-0.05, 0) is 105 Å². The topological polar surface area (TPSA) is 77.9 Å². The number of sulfone groups is 1. The van der Waals surface area contributed by atoms with Crippen molar-refractivity contribution in [2.75, 3.05) is 38.5 Å². The monoisotopic (exact) mass is 588 g/mol. The molecule has 9 heteroatoms. The Balaban J connectivity index is 1.21. The molecule has 1 N–H and O–H groups in total. The van der Waals surface area contributed by atoms with Crippen molar-refractivity contribution in [3.63, 3.8) is 0 Å².